The Morgan fingerprint density at radius 3 is 2.61 bits per heavy atom. The highest BCUT2D eigenvalue weighted by molar-refractivity contribution is 5.90. The lowest BCUT2D eigenvalue weighted by molar-refractivity contribution is -0.141. The molecule has 8 nitrogen and oxygen atoms in total. The van der Waals surface area contributed by atoms with Crippen LogP contribution >= 0.6 is 0 Å². The molecule has 1 aromatic heterocycles. The van der Waals surface area contributed by atoms with Gasteiger partial charge in [0.15, 0.2) is 0 Å². The van der Waals surface area contributed by atoms with Crippen LogP contribution in [-0.2, 0) is 22.0 Å². The van der Waals surface area contributed by atoms with Crippen LogP contribution in [0.1, 0.15) is 17.3 Å². The zero-order chi connectivity index (χ0) is 21.8. The smallest absolute Gasteiger partial charge is 0.237 e. The van der Waals surface area contributed by atoms with Crippen LogP contribution in [0.2, 0.25) is 0 Å². The van der Waals surface area contributed by atoms with Crippen LogP contribution in [0.4, 0.5) is 0 Å². The van der Waals surface area contributed by atoms with Crippen molar-refractivity contribution in [3.63, 3.8) is 0 Å². The Morgan fingerprint density at radius 1 is 1.23 bits per heavy atom. The van der Waals surface area contributed by atoms with E-state index in [1.165, 1.54) is 10.9 Å². The molecule has 2 aromatic rings. The van der Waals surface area contributed by atoms with Gasteiger partial charge in [-0.25, -0.2) is 0 Å². The molecule has 0 radical (unpaired) electrons. The predicted octanol–water partition coefficient (Wildman–Crippen LogP) is 0.578. The number of benzene rings is 1. The second kappa shape index (κ2) is 7.78. The summed E-state index contributed by atoms with van der Waals surface area (Å²) in [7, 11) is 5.83. The van der Waals surface area contributed by atoms with Crippen LogP contribution in [0.3, 0.4) is 0 Å². The Morgan fingerprint density at radius 2 is 1.97 bits per heavy atom. The first-order valence-electron chi connectivity index (χ1n) is 11.0. The second-order valence-corrected chi connectivity index (χ2v) is 9.26. The minimum absolute atomic E-state index is 0.0864. The number of carbonyl (C=O) groups is 1. The van der Waals surface area contributed by atoms with Crippen molar-refractivity contribution in [1.29, 1.82) is 0 Å². The van der Waals surface area contributed by atoms with Gasteiger partial charge in [-0.05, 0) is 24.7 Å². The summed E-state index contributed by atoms with van der Waals surface area (Å²) in [5.74, 6) is 0.898. The Bertz CT molecular complexity index is 991. The molecule has 0 saturated carbocycles. The summed E-state index contributed by atoms with van der Waals surface area (Å²) in [5.41, 5.74) is 3.32. The highest BCUT2D eigenvalue weighted by Crippen LogP contribution is 2.49. The lowest BCUT2D eigenvalue weighted by atomic mass is 9.69. The molecule has 5 rings (SSSR count). The molecular weight excluding hydrogens is 396 g/mol. The number of nitrogens with zero attached hydrogens (tertiary/aromatic N) is 4. The molecule has 168 valence electrons. The Hall–Kier alpha value is -2.13. The summed E-state index contributed by atoms with van der Waals surface area (Å²) in [6.45, 7) is 5.63. The van der Waals surface area contributed by atoms with Crippen molar-refractivity contribution in [1.82, 2.24) is 19.3 Å². The molecule has 4 heterocycles. The molecule has 3 aliphatic heterocycles. The minimum atomic E-state index is -0.344. The number of fused-ring (bicyclic) bond motifs is 4. The molecule has 2 saturated heterocycles. The molecule has 31 heavy (non-hydrogen) atoms. The number of aryl methyl sites for hydroxylation is 1. The van der Waals surface area contributed by atoms with Crippen molar-refractivity contribution in [3.05, 3.63) is 29.5 Å². The number of ether oxygens (including phenoxy) is 2. The largest absolute Gasteiger partial charge is 0.497 e. The fourth-order valence-corrected chi connectivity index (χ4v) is 5.91. The van der Waals surface area contributed by atoms with E-state index in [2.05, 4.69) is 33.5 Å². The van der Waals surface area contributed by atoms with E-state index in [-0.39, 0.29) is 24.0 Å². The van der Waals surface area contributed by atoms with Gasteiger partial charge in [0.1, 0.15) is 5.75 Å². The number of carbonyl (C=O) groups excluding carboxylic acids is 1. The number of aromatic nitrogens is 1. The average molecular weight is 429 g/mol. The fourth-order valence-electron chi connectivity index (χ4n) is 5.91. The second-order valence-electron chi connectivity index (χ2n) is 9.26. The van der Waals surface area contributed by atoms with E-state index in [1.54, 1.807) is 7.11 Å². The number of likely N-dealkylation sites (tertiary alicyclic amines) is 1. The van der Waals surface area contributed by atoms with Crippen LogP contribution in [0.5, 0.6) is 5.75 Å². The number of rotatable bonds is 4. The summed E-state index contributed by atoms with van der Waals surface area (Å²) in [6.07, 6.45) is 0. The monoisotopic (exact) mass is 428 g/mol. The van der Waals surface area contributed by atoms with Crippen molar-refractivity contribution < 1.29 is 19.4 Å². The standard InChI is InChI=1S/C23H32N4O4/c1-24-13-23(14-24)15-27(20(29)11-26-6-8-31-9-7-26)19(12-28)22-21(23)17-5-4-16(30-3)10-18(17)25(22)2/h4-5,10,19,28H,6-9,11-15H2,1-3H3/t19-/m0/s1. The molecule has 3 aliphatic rings. The fraction of sp³-hybridized carbons (Fsp3) is 0.609. The number of likely N-dealkylation sites (N-methyl/N-ethyl adjacent to an activating group) is 1. The Balaban J connectivity index is 1.58. The zero-order valence-corrected chi connectivity index (χ0v) is 18.6. The van der Waals surface area contributed by atoms with Gasteiger partial charge < -0.3 is 28.9 Å². The average Bonchev–Trinajstić information content (AvgIpc) is 3.06. The quantitative estimate of drug-likeness (QED) is 0.768. The molecule has 1 amide bonds. The van der Waals surface area contributed by atoms with Gasteiger partial charge in [0.05, 0.1) is 45.0 Å². The van der Waals surface area contributed by atoms with Gasteiger partial charge in [-0.2, -0.15) is 0 Å². The van der Waals surface area contributed by atoms with Gasteiger partial charge in [0.2, 0.25) is 5.91 Å². The highest BCUT2D eigenvalue weighted by Gasteiger charge is 2.53. The van der Waals surface area contributed by atoms with Crippen LogP contribution < -0.4 is 4.74 Å². The number of methoxy groups -OCH3 is 1. The Labute approximate surface area is 182 Å². The molecule has 1 atom stereocenters. The number of hydrogen-bond acceptors (Lipinski definition) is 6. The zero-order valence-electron chi connectivity index (χ0n) is 18.6. The summed E-state index contributed by atoms with van der Waals surface area (Å²) < 4.78 is 13.0. The molecule has 0 bridgehead atoms. The van der Waals surface area contributed by atoms with Crippen molar-refractivity contribution >= 4 is 16.8 Å². The molecule has 1 N–H and O–H groups in total. The van der Waals surface area contributed by atoms with E-state index in [0.29, 0.717) is 26.3 Å². The maximum Gasteiger partial charge on any atom is 0.237 e. The predicted molar refractivity (Wildman–Crippen MR) is 117 cm³/mol. The molecule has 1 spiro atoms. The Kier molecular flexibility index (Phi) is 5.21. The van der Waals surface area contributed by atoms with Crippen molar-refractivity contribution in [2.75, 3.05) is 73.2 Å². The lowest BCUT2D eigenvalue weighted by Crippen LogP contribution is -2.66. The minimum Gasteiger partial charge on any atom is -0.497 e. The lowest BCUT2D eigenvalue weighted by Gasteiger charge is -2.55. The first kappa shape index (κ1) is 20.8. The van der Waals surface area contributed by atoms with Crippen LogP contribution in [0.15, 0.2) is 18.2 Å². The van der Waals surface area contributed by atoms with Gasteiger partial charge in [0.25, 0.3) is 0 Å². The summed E-state index contributed by atoms with van der Waals surface area (Å²) in [4.78, 5) is 19.9. The third-order valence-corrected chi connectivity index (χ3v) is 7.25. The normalized spacial score (nSPS) is 23.7. The van der Waals surface area contributed by atoms with Crippen molar-refractivity contribution in [3.8, 4) is 5.75 Å². The number of hydrogen-bond donors (Lipinski definition) is 1. The molecular formula is C23H32N4O4. The topological polar surface area (TPSA) is 70.4 Å². The summed E-state index contributed by atoms with van der Waals surface area (Å²) in [6, 6.07) is 5.84. The van der Waals surface area contributed by atoms with E-state index in [4.69, 9.17) is 9.47 Å². The van der Waals surface area contributed by atoms with E-state index in [1.807, 2.05) is 18.0 Å². The maximum absolute atomic E-state index is 13.5. The van der Waals surface area contributed by atoms with Gasteiger partial charge in [-0.15, -0.1) is 0 Å². The highest BCUT2D eigenvalue weighted by atomic mass is 16.5. The third-order valence-electron chi connectivity index (χ3n) is 7.25. The summed E-state index contributed by atoms with van der Waals surface area (Å²) >= 11 is 0. The molecule has 1 aromatic carbocycles. The van der Waals surface area contributed by atoms with Crippen LogP contribution in [-0.4, -0.2) is 104 Å². The number of aliphatic hydroxyl groups excluding tert-OH is 1. The van der Waals surface area contributed by atoms with Crippen LogP contribution in [0.25, 0.3) is 10.9 Å². The van der Waals surface area contributed by atoms with Crippen molar-refractivity contribution in [2.45, 2.75) is 11.5 Å². The van der Waals surface area contributed by atoms with E-state index >= 15 is 0 Å². The van der Waals surface area contributed by atoms with Crippen LogP contribution in [0, 0.1) is 0 Å². The summed E-state index contributed by atoms with van der Waals surface area (Å²) in [5, 5.41) is 11.6. The van der Waals surface area contributed by atoms with E-state index in [0.717, 1.165) is 43.1 Å². The van der Waals surface area contributed by atoms with Gasteiger partial charge >= 0.3 is 0 Å². The maximum atomic E-state index is 13.5. The van der Waals surface area contributed by atoms with E-state index < -0.39 is 0 Å². The molecule has 0 aliphatic carbocycles. The first-order valence-corrected chi connectivity index (χ1v) is 11.0. The molecule has 8 heteroatoms. The number of amides is 1. The van der Waals surface area contributed by atoms with Crippen molar-refractivity contribution in [2.24, 2.45) is 7.05 Å². The molecule has 2 fully saturated rings. The van der Waals surface area contributed by atoms with Gasteiger partial charge in [0, 0.05) is 62.3 Å². The number of morpholine rings is 1. The van der Waals surface area contributed by atoms with E-state index in [9.17, 15) is 9.90 Å². The third kappa shape index (κ3) is 3.24. The number of aliphatic hydroxyl groups is 1. The first-order chi connectivity index (χ1) is 15.0. The molecule has 0 unspecified atom stereocenters. The SMILES string of the molecule is COc1ccc2c3c(n(C)c2c1)[C@H](CO)N(C(=O)CN1CCOCC1)CC31CN(C)C1. The van der Waals surface area contributed by atoms with Gasteiger partial charge in [-0.3, -0.25) is 9.69 Å². The van der Waals surface area contributed by atoms with Gasteiger partial charge in [-0.1, -0.05) is 0 Å².